The summed E-state index contributed by atoms with van der Waals surface area (Å²) < 4.78 is 0.850. The van der Waals surface area contributed by atoms with E-state index in [-0.39, 0.29) is 5.91 Å². The molecule has 3 N–H and O–H groups in total. The summed E-state index contributed by atoms with van der Waals surface area (Å²) in [6.45, 7) is 1.97. The largest absolute Gasteiger partial charge is 0.398 e. The number of nitrogens with zero attached hydrogens (tertiary/aromatic N) is 1. The fraction of sp³-hybridized carbons (Fsp3) is 0.188. The van der Waals surface area contributed by atoms with Gasteiger partial charge in [0, 0.05) is 35.6 Å². The van der Waals surface area contributed by atoms with Gasteiger partial charge < -0.3 is 16.0 Å². The van der Waals surface area contributed by atoms with Crippen LogP contribution in [0, 0.1) is 6.92 Å². The first-order valence-corrected chi connectivity index (χ1v) is 7.32. The van der Waals surface area contributed by atoms with Crippen molar-refractivity contribution in [3.05, 3.63) is 52.0 Å². The molecular formula is C16H18BrN3O. The Morgan fingerprint density at radius 3 is 2.48 bits per heavy atom. The van der Waals surface area contributed by atoms with Gasteiger partial charge in [0.15, 0.2) is 0 Å². The van der Waals surface area contributed by atoms with E-state index in [0.29, 0.717) is 11.3 Å². The maximum atomic E-state index is 12.3. The van der Waals surface area contributed by atoms with Gasteiger partial charge in [-0.15, -0.1) is 0 Å². The first-order valence-electron chi connectivity index (χ1n) is 6.53. The molecule has 0 radical (unpaired) electrons. The van der Waals surface area contributed by atoms with Crippen LogP contribution in [0.25, 0.3) is 0 Å². The third kappa shape index (κ3) is 3.55. The van der Waals surface area contributed by atoms with Crippen LogP contribution in [0.3, 0.4) is 0 Å². The van der Waals surface area contributed by atoms with E-state index < -0.39 is 0 Å². The van der Waals surface area contributed by atoms with Crippen LogP contribution in [-0.4, -0.2) is 20.0 Å². The van der Waals surface area contributed by atoms with Gasteiger partial charge in [0.2, 0.25) is 0 Å². The van der Waals surface area contributed by atoms with Gasteiger partial charge in [-0.2, -0.15) is 0 Å². The lowest BCUT2D eigenvalue weighted by Gasteiger charge is -2.16. The normalized spacial score (nSPS) is 10.3. The number of hydrogen-bond acceptors (Lipinski definition) is 3. The molecule has 0 fully saturated rings. The summed E-state index contributed by atoms with van der Waals surface area (Å²) in [5, 5.41) is 2.90. The van der Waals surface area contributed by atoms with E-state index in [1.54, 1.807) is 18.2 Å². The van der Waals surface area contributed by atoms with Gasteiger partial charge in [-0.25, -0.2) is 0 Å². The molecule has 5 heteroatoms. The molecule has 4 nitrogen and oxygen atoms in total. The molecule has 0 saturated carbocycles. The standard InChI is InChI=1S/C16H18BrN3O/c1-10-8-12(20(2)3)5-7-15(10)19-16(21)13-6-4-11(17)9-14(13)18/h4-9H,18H2,1-3H3,(H,19,21). The van der Waals surface area contributed by atoms with Crippen LogP contribution in [0.5, 0.6) is 0 Å². The Labute approximate surface area is 133 Å². The summed E-state index contributed by atoms with van der Waals surface area (Å²) in [7, 11) is 3.96. The number of hydrogen-bond donors (Lipinski definition) is 2. The second-order valence-electron chi connectivity index (χ2n) is 5.08. The van der Waals surface area contributed by atoms with E-state index >= 15 is 0 Å². The molecule has 2 aromatic carbocycles. The van der Waals surface area contributed by atoms with Crippen LogP contribution in [-0.2, 0) is 0 Å². The van der Waals surface area contributed by atoms with E-state index in [2.05, 4.69) is 21.2 Å². The van der Waals surface area contributed by atoms with Crippen molar-refractivity contribution in [1.82, 2.24) is 0 Å². The van der Waals surface area contributed by atoms with Crippen molar-refractivity contribution in [2.45, 2.75) is 6.92 Å². The Morgan fingerprint density at radius 2 is 1.90 bits per heavy atom. The highest BCUT2D eigenvalue weighted by atomic mass is 79.9. The third-order valence-corrected chi connectivity index (χ3v) is 3.73. The monoisotopic (exact) mass is 347 g/mol. The first kappa shape index (κ1) is 15.4. The highest BCUT2D eigenvalue weighted by Gasteiger charge is 2.11. The van der Waals surface area contributed by atoms with Crippen molar-refractivity contribution >= 4 is 38.9 Å². The van der Waals surface area contributed by atoms with Crippen molar-refractivity contribution in [3.8, 4) is 0 Å². The van der Waals surface area contributed by atoms with Crippen molar-refractivity contribution in [2.75, 3.05) is 30.0 Å². The second-order valence-corrected chi connectivity index (χ2v) is 6.00. The highest BCUT2D eigenvalue weighted by Crippen LogP contribution is 2.24. The van der Waals surface area contributed by atoms with E-state index in [0.717, 1.165) is 21.4 Å². The molecule has 2 aromatic rings. The summed E-state index contributed by atoms with van der Waals surface area (Å²) in [6, 6.07) is 11.1. The van der Waals surface area contributed by atoms with Crippen LogP contribution in [0.4, 0.5) is 17.1 Å². The summed E-state index contributed by atoms with van der Waals surface area (Å²) in [5.41, 5.74) is 9.68. The predicted molar refractivity (Wildman–Crippen MR) is 92.0 cm³/mol. The summed E-state index contributed by atoms with van der Waals surface area (Å²) in [5.74, 6) is -0.208. The summed E-state index contributed by atoms with van der Waals surface area (Å²) in [6.07, 6.45) is 0. The van der Waals surface area contributed by atoms with Gasteiger partial charge >= 0.3 is 0 Å². The van der Waals surface area contributed by atoms with Gasteiger partial charge in [-0.1, -0.05) is 15.9 Å². The number of nitrogen functional groups attached to an aromatic ring is 1. The van der Waals surface area contributed by atoms with Gasteiger partial charge in [0.05, 0.1) is 5.56 Å². The van der Waals surface area contributed by atoms with Gasteiger partial charge in [-0.05, 0) is 48.9 Å². The fourth-order valence-corrected chi connectivity index (χ4v) is 2.38. The van der Waals surface area contributed by atoms with Crippen LogP contribution in [0.1, 0.15) is 15.9 Å². The first-order chi connectivity index (χ1) is 9.88. The number of carbonyl (C=O) groups excluding carboxylic acids is 1. The molecular weight excluding hydrogens is 330 g/mol. The SMILES string of the molecule is Cc1cc(N(C)C)ccc1NC(=O)c1ccc(Br)cc1N. The van der Waals surface area contributed by atoms with Crippen LogP contribution >= 0.6 is 15.9 Å². The van der Waals surface area contributed by atoms with Gasteiger partial charge in [-0.3, -0.25) is 4.79 Å². The Balaban J connectivity index is 2.23. The van der Waals surface area contributed by atoms with Crippen molar-refractivity contribution < 1.29 is 4.79 Å². The molecule has 110 valence electrons. The molecule has 0 saturated heterocycles. The average Bonchev–Trinajstić information content (AvgIpc) is 2.40. The number of nitrogens with two attached hydrogens (primary N) is 1. The van der Waals surface area contributed by atoms with Gasteiger partial charge in [0.1, 0.15) is 0 Å². The number of rotatable bonds is 3. The van der Waals surface area contributed by atoms with Crippen molar-refractivity contribution in [1.29, 1.82) is 0 Å². The number of benzene rings is 2. The van der Waals surface area contributed by atoms with Gasteiger partial charge in [0.25, 0.3) is 5.91 Å². The average molecular weight is 348 g/mol. The molecule has 0 aliphatic rings. The predicted octanol–water partition coefficient (Wildman–Crippen LogP) is 3.66. The Kier molecular flexibility index (Phi) is 4.53. The number of halogens is 1. The number of nitrogens with one attached hydrogen (secondary N) is 1. The van der Waals surface area contributed by atoms with Crippen LogP contribution in [0.2, 0.25) is 0 Å². The molecule has 0 heterocycles. The second kappa shape index (κ2) is 6.18. The lowest BCUT2D eigenvalue weighted by Crippen LogP contribution is -2.15. The minimum atomic E-state index is -0.208. The van der Waals surface area contributed by atoms with E-state index in [1.165, 1.54) is 0 Å². The summed E-state index contributed by atoms with van der Waals surface area (Å²) >= 11 is 3.33. The Bertz CT molecular complexity index is 683. The zero-order valence-corrected chi connectivity index (χ0v) is 13.9. The molecule has 21 heavy (non-hydrogen) atoms. The van der Waals surface area contributed by atoms with E-state index in [9.17, 15) is 4.79 Å². The molecule has 1 amide bonds. The zero-order valence-electron chi connectivity index (χ0n) is 12.3. The van der Waals surface area contributed by atoms with Crippen LogP contribution < -0.4 is 16.0 Å². The fourth-order valence-electron chi connectivity index (χ4n) is 2.00. The smallest absolute Gasteiger partial charge is 0.257 e. The summed E-state index contributed by atoms with van der Waals surface area (Å²) in [4.78, 5) is 14.3. The molecule has 0 bridgehead atoms. The molecule has 0 aromatic heterocycles. The van der Waals surface area contributed by atoms with Crippen molar-refractivity contribution in [3.63, 3.8) is 0 Å². The Hall–Kier alpha value is -2.01. The van der Waals surface area contributed by atoms with Crippen molar-refractivity contribution in [2.24, 2.45) is 0 Å². The molecule has 0 aliphatic carbocycles. The Morgan fingerprint density at radius 1 is 1.19 bits per heavy atom. The minimum absolute atomic E-state index is 0.208. The quantitative estimate of drug-likeness (QED) is 0.833. The van der Waals surface area contributed by atoms with Crippen LogP contribution in [0.15, 0.2) is 40.9 Å². The molecule has 0 atom stereocenters. The highest BCUT2D eigenvalue weighted by molar-refractivity contribution is 9.10. The third-order valence-electron chi connectivity index (χ3n) is 3.23. The lowest BCUT2D eigenvalue weighted by atomic mass is 10.1. The maximum absolute atomic E-state index is 12.3. The molecule has 0 unspecified atom stereocenters. The zero-order chi connectivity index (χ0) is 15.6. The number of amides is 1. The lowest BCUT2D eigenvalue weighted by molar-refractivity contribution is 0.102. The van der Waals surface area contributed by atoms with E-state index in [4.69, 9.17) is 5.73 Å². The molecule has 2 rings (SSSR count). The number of aryl methyl sites for hydroxylation is 1. The molecule has 0 aliphatic heterocycles. The number of anilines is 3. The topological polar surface area (TPSA) is 58.4 Å². The number of carbonyl (C=O) groups is 1. The minimum Gasteiger partial charge on any atom is -0.398 e. The maximum Gasteiger partial charge on any atom is 0.257 e. The van der Waals surface area contributed by atoms with E-state index in [1.807, 2.05) is 44.1 Å². The molecule has 0 spiro atoms.